The van der Waals surface area contributed by atoms with E-state index in [9.17, 15) is 88.2 Å². The number of Topliss-reactive ketones (excluding diaryl/α,β-unsaturated/α-hetero) is 1. The van der Waals surface area contributed by atoms with Crippen molar-refractivity contribution in [3.63, 3.8) is 0 Å². The van der Waals surface area contributed by atoms with Crippen LogP contribution in [0.1, 0.15) is 172 Å². The van der Waals surface area contributed by atoms with Crippen LogP contribution in [0.25, 0.3) is 0 Å². The molecular weight excluding hydrogens is 1610 g/mol. The Morgan fingerprint density at radius 2 is 1.39 bits per heavy atom. The number of nitrogens with two attached hydrogens (primary N) is 2. The highest BCUT2D eigenvalue weighted by molar-refractivity contribution is 7.99. The first kappa shape index (κ1) is 95.0. The summed E-state index contributed by atoms with van der Waals surface area (Å²) >= 11 is 0.862. The predicted molar refractivity (Wildman–Crippen MR) is 432 cm³/mol. The van der Waals surface area contributed by atoms with Crippen molar-refractivity contribution in [3.05, 3.63) is 125 Å². The standard InChI is InChI=1S/C85H111N9O27S/c1-44(2)36-54(75(107)88-45(3)37-61(87)100)89-76(108)56-30-23-34-93(56)78(110)55(41-95)90-77(109)66(47(5)96)91-74(106)53(86)42-122-58-38-62(101)94(79(58)111)33-21-14-22-35-115-63(102)31-32-64(103)119-69(67(50-24-15-11-16-25-50)92-73(105)51-26-17-12-18-27-51)81(113)118-57-40-85(114)72(120-80(112)52-28-19-13-20-29-52)70-83(10,59(99)39-60-84(70,43-116-60)121-49(7)98)71(104)68(117-48(6)97)65(46(57)4)82(85,8)9/h11-13,15-20,24-29,38,44-45,47,53-57,59-60,66-70,72,95-96,99,101,111,114H,14,21-23,30-37,39-43,86H2,1-10H3,(H2,87,100)(H,88,107)(H,89,108)(H,90,109)(H,91,106)(H,92,105)/t45?,47?,53?,54?,55?,56?,57-,59?,60+,66?,67-,68+,69+,70-,72-,83+,84-,85+/m0/s1. The smallest absolute Gasteiger partial charge is 0.350 e. The van der Waals surface area contributed by atoms with E-state index in [0.29, 0.717) is 19.3 Å². The van der Waals surface area contributed by atoms with Crippen molar-refractivity contribution in [2.24, 2.45) is 34.1 Å². The highest BCUT2D eigenvalue weighted by Crippen LogP contribution is 2.65. The second-order valence-electron chi connectivity index (χ2n) is 32.8. The minimum atomic E-state index is -2.59. The van der Waals surface area contributed by atoms with Crippen LogP contribution >= 0.6 is 11.8 Å². The van der Waals surface area contributed by atoms with E-state index < -0.39 is 234 Å². The normalized spacial score (nSPS) is 24.6. The lowest BCUT2D eigenvalue weighted by Gasteiger charge is -2.67. The van der Waals surface area contributed by atoms with Gasteiger partial charge in [0.15, 0.2) is 23.4 Å². The molecule has 9 rings (SSSR count). The molecule has 4 fully saturated rings. The average Bonchev–Trinajstić information content (AvgIpc) is 0.718. The number of ether oxygens (including phenoxy) is 7. The van der Waals surface area contributed by atoms with Crippen LogP contribution < -0.4 is 38.1 Å². The first-order chi connectivity index (χ1) is 57.6. The number of hydrogen-bond donors (Lipinski definition) is 13. The molecule has 5 aliphatic rings. The predicted octanol–water partition coefficient (Wildman–Crippen LogP) is 2.36. The van der Waals surface area contributed by atoms with Crippen molar-refractivity contribution in [2.45, 2.75) is 248 Å². The Bertz CT molecular complexity index is 4550. The van der Waals surface area contributed by atoms with Crippen molar-refractivity contribution in [2.75, 3.05) is 32.1 Å². The Kier molecular flexibility index (Phi) is 31.9. The van der Waals surface area contributed by atoms with Gasteiger partial charge >= 0.3 is 35.8 Å². The summed E-state index contributed by atoms with van der Waals surface area (Å²) in [5, 5.41) is 82.5. The molecule has 3 aromatic carbocycles. The van der Waals surface area contributed by atoms with Gasteiger partial charge in [-0.3, -0.25) is 62.1 Å². The van der Waals surface area contributed by atoms with Gasteiger partial charge in [-0.2, -0.15) is 0 Å². The molecule has 1 aromatic heterocycles. The number of benzene rings is 3. The van der Waals surface area contributed by atoms with Crippen molar-refractivity contribution < 1.29 is 131 Å². The molecule has 0 radical (unpaired) electrons. The summed E-state index contributed by atoms with van der Waals surface area (Å²) in [5.74, 6) is -15.6. The Balaban J connectivity index is 0.832. The van der Waals surface area contributed by atoms with Crippen LogP contribution in [-0.2, 0) is 97.2 Å². The third-order valence-corrected chi connectivity index (χ3v) is 24.4. The van der Waals surface area contributed by atoms with E-state index >= 15 is 9.59 Å². The molecule has 2 aliphatic heterocycles. The maximum absolute atomic E-state index is 16.0. The van der Waals surface area contributed by atoms with Crippen LogP contribution in [0.15, 0.2) is 113 Å². The fraction of sp³-hybridized carbons (Fsp3) is 0.553. The number of aromatic hydroxyl groups is 2. The van der Waals surface area contributed by atoms with E-state index in [1.165, 1.54) is 81.7 Å². The SMILES string of the molecule is CC(=O)O[C@H]1C(=O)[C@]2(C)C(O)C[C@H]3OC[C@@]3(OC(C)=O)[C@H]2[C@H](OC(=O)c2ccccc2)[C@]2(O)C[C@H](OC(=O)[C@H](OC(=O)CCC(=O)OCCCCCn3c(O)cc(SCC(N)C(=O)NC(C(=O)NC(CO)C(=O)N4CCCC4C(=O)NC(CC(C)C)C(=O)NC(C)CC(N)=O)C(C)O)c3O)[C@@H](NC(=O)c3ccccc3)c3ccccc3)C(C)=C1C2(C)C. The van der Waals surface area contributed by atoms with Crippen molar-refractivity contribution >= 4 is 94.7 Å². The first-order valence-electron chi connectivity index (χ1n) is 40.6. The molecule has 8 unspecified atom stereocenters. The summed E-state index contributed by atoms with van der Waals surface area (Å²) in [6.45, 7) is 12.9. The number of aliphatic hydroxyl groups excluding tert-OH is 3. The summed E-state index contributed by atoms with van der Waals surface area (Å²) in [6, 6.07) is 15.3. The summed E-state index contributed by atoms with van der Waals surface area (Å²) in [6.07, 6.45) is -13.1. The van der Waals surface area contributed by atoms with Gasteiger partial charge in [0.1, 0.15) is 54.1 Å². The molecule has 3 aliphatic carbocycles. The van der Waals surface area contributed by atoms with E-state index in [-0.39, 0.29) is 102 Å². The Hall–Kier alpha value is -10.8. The molecule has 37 heteroatoms. The summed E-state index contributed by atoms with van der Waals surface area (Å²) in [4.78, 5) is 196. The lowest BCUT2D eigenvalue weighted by Crippen LogP contribution is -2.82. The van der Waals surface area contributed by atoms with Crippen LogP contribution in [-0.4, -0.2) is 245 Å². The molecule has 36 nitrogen and oxygen atoms in total. The van der Waals surface area contributed by atoms with Gasteiger partial charge in [0.05, 0.1) is 72.7 Å². The highest BCUT2D eigenvalue weighted by atomic mass is 32.2. The largest absolute Gasteiger partial charge is 0.494 e. The minimum Gasteiger partial charge on any atom is -0.494 e. The summed E-state index contributed by atoms with van der Waals surface area (Å²) in [7, 11) is 0. The van der Waals surface area contributed by atoms with E-state index in [2.05, 4.69) is 26.6 Å². The fourth-order valence-electron chi connectivity index (χ4n) is 16.9. The zero-order valence-corrected chi connectivity index (χ0v) is 70.5. The molecule has 2 saturated carbocycles. The zero-order chi connectivity index (χ0) is 89.6. The van der Waals surface area contributed by atoms with Gasteiger partial charge in [-0.15, -0.1) is 11.8 Å². The van der Waals surface area contributed by atoms with Gasteiger partial charge in [-0.05, 0) is 113 Å². The van der Waals surface area contributed by atoms with Crippen LogP contribution in [0.4, 0.5) is 0 Å². The molecular formula is C85H111N9O27S. The molecule has 122 heavy (non-hydrogen) atoms. The van der Waals surface area contributed by atoms with Crippen molar-refractivity contribution in [1.82, 2.24) is 36.1 Å². The number of amides is 7. The molecule has 3 heterocycles. The number of unbranched alkanes of at least 4 members (excludes halogenated alkanes) is 2. The lowest BCUT2D eigenvalue weighted by atomic mass is 9.44. The molecule has 4 aromatic rings. The number of nitrogens with zero attached hydrogens (tertiary/aromatic N) is 2. The Labute approximate surface area is 708 Å². The van der Waals surface area contributed by atoms with Crippen molar-refractivity contribution in [3.8, 4) is 11.8 Å². The monoisotopic (exact) mass is 1720 g/mol. The topological polar surface area (TPSA) is 545 Å². The van der Waals surface area contributed by atoms with Gasteiger partial charge < -0.3 is 107 Å². The number of thioether (sulfide) groups is 1. The van der Waals surface area contributed by atoms with Crippen LogP contribution in [0.2, 0.25) is 0 Å². The fourth-order valence-corrected chi connectivity index (χ4v) is 17.8. The van der Waals surface area contributed by atoms with Crippen molar-refractivity contribution in [1.29, 1.82) is 0 Å². The number of ketones is 1. The lowest BCUT2D eigenvalue weighted by molar-refractivity contribution is -0.346. The van der Waals surface area contributed by atoms with Gasteiger partial charge in [-0.25, -0.2) is 9.59 Å². The van der Waals surface area contributed by atoms with E-state index in [1.54, 1.807) is 61.5 Å². The first-order valence-corrected chi connectivity index (χ1v) is 41.5. The Morgan fingerprint density at radius 3 is 1.99 bits per heavy atom. The van der Waals surface area contributed by atoms with Crippen LogP contribution in [0, 0.1) is 22.7 Å². The van der Waals surface area contributed by atoms with E-state index in [4.69, 9.17) is 44.6 Å². The summed E-state index contributed by atoms with van der Waals surface area (Å²) in [5.41, 5.74) is 3.16. The maximum atomic E-state index is 16.0. The van der Waals surface area contributed by atoms with E-state index in [0.717, 1.165) is 30.5 Å². The number of carbonyl (C=O) groups is 14. The van der Waals surface area contributed by atoms with Gasteiger partial charge in [-0.1, -0.05) is 94.4 Å². The van der Waals surface area contributed by atoms with Crippen LogP contribution in [0.3, 0.4) is 0 Å². The number of carbonyl (C=O) groups excluding carboxylic acids is 14. The van der Waals surface area contributed by atoms with Crippen LogP contribution in [0.5, 0.6) is 11.8 Å². The molecule has 2 saturated heterocycles. The second kappa shape index (κ2) is 40.9. The second-order valence-corrected chi connectivity index (χ2v) is 33.9. The van der Waals surface area contributed by atoms with Gasteiger partial charge in [0.2, 0.25) is 47.4 Å². The summed E-state index contributed by atoms with van der Waals surface area (Å²) < 4.78 is 43.7. The maximum Gasteiger partial charge on any atom is 0.350 e. The number of esters is 6. The highest BCUT2D eigenvalue weighted by Gasteiger charge is 2.78. The number of nitrogens with one attached hydrogen (secondary N) is 5. The number of aliphatic hydroxyl groups is 4. The van der Waals surface area contributed by atoms with Gasteiger partial charge in [0, 0.05) is 75.0 Å². The number of likely N-dealkylation sites (tertiary alicyclic amines) is 1. The number of fused-ring (bicyclic) bond motifs is 5. The number of primary amides is 1. The quantitative estimate of drug-likeness (QED) is 0.0101. The Morgan fingerprint density at radius 1 is 0.754 bits per heavy atom. The third kappa shape index (κ3) is 21.6. The minimum absolute atomic E-state index is 0.0204. The third-order valence-electron chi connectivity index (χ3n) is 23.2. The number of hydrogen-bond acceptors (Lipinski definition) is 29. The zero-order valence-electron chi connectivity index (χ0n) is 69.7. The molecule has 0 spiro atoms. The number of aromatic nitrogens is 1. The molecule has 7 amide bonds. The molecule has 664 valence electrons. The molecule has 18 atom stereocenters. The molecule has 15 N–H and O–H groups in total. The average molecular weight is 1720 g/mol. The van der Waals surface area contributed by atoms with E-state index in [1.807, 2.05) is 13.8 Å². The number of rotatable bonds is 38. The van der Waals surface area contributed by atoms with Gasteiger partial charge in [0.25, 0.3) is 5.91 Å². The molecule has 2 bridgehead atoms.